The number of hydrogen-bond acceptors (Lipinski definition) is 3. The van der Waals surface area contributed by atoms with Crippen molar-refractivity contribution in [3.8, 4) is 0 Å². The molecule has 4 rings (SSSR count). The summed E-state index contributed by atoms with van der Waals surface area (Å²) in [5, 5.41) is 0. The molecule has 152 valence electrons. The van der Waals surface area contributed by atoms with Gasteiger partial charge in [-0.15, -0.1) is 0 Å². The molecule has 3 fully saturated rings. The summed E-state index contributed by atoms with van der Waals surface area (Å²) in [5.41, 5.74) is -0.701. The second kappa shape index (κ2) is 7.35. The number of quaternary nitrogens is 1. The highest BCUT2D eigenvalue weighted by Crippen LogP contribution is 2.37. The highest BCUT2D eigenvalue weighted by atomic mass is 19.4. The number of likely N-dealkylation sites (tertiary alicyclic amines) is 1. The second-order valence-corrected chi connectivity index (χ2v) is 7.96. The fourth-order valence-electron chi connectivity index (χ4n) is 4.62. The minimum atomic E-state index is -4.36. The van der Waals surface area contributed by atoms with Crippen LogP contribution >= 0.6 is 0 Å². The maximum absolute atomic E-state index is 12.7. The first-order valence-electron chi connectivity index (χ1n) is 9.87. The molecule has 1 saturated carbocycles. The lowest BCUT2D eigenvalue weighted by atomic mass is 9.81. The summed E-state index contributed by atoms with van der Waals surface area (Å²) < 4.78 is 38.1. The van der Waals surface area contributed by atoms with Crippen molar-refractivity contribution in [1.82, 2.24) is 4.90 Å². The van der Waals surface area contributed by atoms with Crippen molar-refractivity contribution in [1.29, 1.82) is 0 Å². The van der Waals surface area contributed by atoms with Crippen molar-refractivity contribution >= 4 is 17.6 Å². The number of alkyl halides is 3. The average Bonchev–Trinajstić information content (AvgIpc) is 2.93. The van der Waals surface area contributed by atoms with Gasteiger partial charge in [0.05, 0.1) is 17.4 Å². The van der Waals surface area contributed by atoms with Crippen LogP contribution in [0.15, 0.2) is 18.3 Å². The van der Waals surface area contributed by atoms with Gasteiger partial charge in [0, 0.05) is 6.07 Å². The highest BCUT2D eigenvalue weighted by Gasteiger charge is 2.49. The number of anilines is 1. The molecule has 2 atom stereocenters. The molecule has 28 heavy (non-hydrogen) atoms. The Hall–Kier alpha value is -2.16. The van der Waals surface area contributed by atoms with Crippen LogP contribution in [-0.2, 0) is 15.8 Å². The maximum atomic E-state index is 12.7. The van der Waals surface area contributed by atoms with Gasteiger partial charge in [0.15, 0.2) is 6.67 Å². The van der Waals surface area contributed by atoms with Crippen molar-refractivity contribution in [2.24, 2.45) is 11.8 Å². The Bertz CT molecular complexity index is 721. The lowest BCUT2D eigenvalue weighted by Crippen LogP contribution is -3.16. The molecule has 9 heteroatoms. The Morgan fingerprint density at radius 1 is 1.04 bits per heavy atom. The number of nitrogens with zero attached hydrogens (tertiary/aromatic N) is 2. The summed E-state index contributed by atoms with van der Waals surface area (Å²) in [6, 6.07) is 2.53. The number of carbonyl (C=O) groups excluding carboxylic acids is 2. The van der Waals surface area contributed by atoms with Crippen LogP contribution in [0.25, 0.3) is 0 Å². The summed E-state index contributed by atoms with van der Waals surface area (Å²) >= 11 is 0. The van der Waals surface area contributed by atoms with E-state index >= 15 is 0 Å². The molecule has 2 amide bonds. The Balaban J connectivity index is 1.33. The summed E-state index contributed by atoms with van der Waals surface area (Å²) in [6.07, 6.45) is 0.297. The quantitative estimate of drug-likeness (QED) is 0.748. The number of imide groups is 1. The molecule has 3 heterocycles. The van der Waals surface area contributed by atoms with E-state index in [2.05, 4.69) is 4.98 Å². The maximum Gasteiger partial charge on any atom is 0.419 e. The van der Waals surface area contributed by atoms with Crippen LogP contribution in [-0.4, -0.2) is 49.6 Å². The first kappa shape index (κ1) is 19.2. The average molecular weight is 398 g/mol. The molecule has 0 aromatic carbocycles. The van der Waals surface area contributed by atoms with E-state index in [1.807, 2.05) is 4.90 Å². The molecule has 3 aliphatic rings. The van der Waals surface area contributed by atoms with E-state index in [1.54, 1.807) is 0 Å². The van der Waals surface area contributed by atoms with E-state index in [9.17, 15) is 22.8 Å². The monoisotopic (exact) mass is 398 g/mol. The van der Waals surface area contributed by atoms with E-state index in [1.165, 1.54) is 11.0 Å². The summed E-state index contributed by atoms with van der Waals surface area (Å²) in [5.74, 6) is 0.375. The van der Waals surface area contributed by atoms with Gasteiger partial charge >= 0.3 is 6.18 Å². The summed E-state index contributed by atoms with van der Waals surface area (Å²) in [6.45, 7) is 3.15. The second-order valence-electron chi connectivity index (χ2n) is 7.96. The number of amides is 2. The van der Waals surface area contributed by atoms with Crippen molar-refractivity contribution in [2.75, 3.05) is 37.7 Å². The van der Waals surface area contributed by atoms with Gasteiger partial charge in [-0.1, -0.05) is 12.8 Å². The Kier molecular flexibility index (Phi) is 5.03. The molecule has 1 aromatic heterocycles. The van der Waals surface area contributed by atoms with Gasteiger partial charge in [-0.25, -0.2) is 9.88 Å². The van der Waals surface area contributed by atoms with Crippen molar-refractivity contribution in [2.45, 2.75) is 31.9 Å². The molecule has 0 bridgehead atoms. The molecule has 0 radical (unpaired) electrons. The van der Waals surface area contributed by atoms with E-state index < -0.39 is 11.7 Å². The molecule has 6 nitrogen and oxygen atoms in total. The lowest BCUT2D eigenvalue weighted by Gasteiger charge is -2.30. The van der Waals surface area contributed by atoms with E-state index in [0.717, 1.165) is 55.9 Å². The number of carbonyl (C=O) groups is 2. The summed E-state index contributed by atoms with van der Waals surface area (Å²) in [4.78, 5) is 32.5. The van der Waals surface area contributed by atoms with Gasteiger partial charge in [-0.05, 0) is 18.9 Å². The number of aromatic nitrogens is 1. The molecule has 2 N–H and O–H groups in total. The van der Waals surface area contributed by atoms with Gasteiger partial charge in [0.25, 0.3) is 5.82 Å². The van der Waals surface area contributed by atoms with Crippen molar-refractivity contribution in [3.05, 3.63) is 23.9 Å². The topological polar surface area (TPSA) is 59.2 Å². The number of halogens is 3. The number of fused-ring (bicyclic) bond motifs is 1. The van der Waals surface area contributed by atoms with Crippen LogP contribution in [0.1, 0.15) is 31.2 Å². The number of rotatable bonds is 3. The smallest absolute Gasteiger partial charge is 0.311 e. The van der Waals surface area contributed by atoms with Crippen LogP contribution in [0.5, 0.6) is 0 Å². The van der Waals surface area contributed by atoms with E-state index in [0.29, 0.717) is 25.6 Å². The minimum Gasteiger partial charge on any atom is -0.311 e. The SMILES string of the molecule is O=C1[C@H]2CCCC[C@H]2C(=O)N1C[NH+]1CCN(c2ccc(C(F)(F)F)c[nH+]2)CC1. The fourth-order valence-corrected chi connectivity index (χ4v) is 4.62. The lowest BCUT2D eigenvalue weighted by molar-refractivity contribution is -0.908. The van der Waals surface area contributed by atoms with Gasteiger partial charge in [0.1, 0.15) is 32.4 Å². The molecule has 2 aliphatic heterocycles. The van der Waals surface area contributed by atoms with Gasteiger partial charge in [-0.2, -0.15) is 13.2 Å². The number of nitrogens with one attached hydrogen (secondary N) is 2. The number of H-pyrrole nitrogens is 1. The summed E-state index contributed by atoms with van der Waals surface area (Å²) in [7, 11) is 0. The number of aromatic amines is 1. The zero-order valence-electron chi connectivity index (χ0n) is 15.6. The Morgan fingerprint density at radius 2 is 1.64 bits per heavy atom. The van der Waals surface area contributed by atoms with Gasteiger partial charge in [-0.3, -0.25) is 14.5 Å². The molecule has 2 saturated heterocycles. The van der Waals surface area contributed by atoms with Crippen LogP contribution < -0.4 is 14.8 Å². The third-order valence-corrected chi connectivity index (χ3v) is 6.25. The van der Waals surface area contributed by atoms with Crippen molar-refractivity contribution in [3.63, 3.8) is 0 Å². The molecule has 0 unspecified atom stereocenters. The first-order chi connectivity index (χ1) is 13.3. The van der Waals surface area contributed by atoms with Gasteiger partial charge < -0.3 is 4.90 Å². The number of pyridine rings is 1. The third kappa shape index (κ3) is 3.59. The standard InChI is InChI=1S/C19H23F3N4O2/c20-19(21,22)13-5-6-16(23-11-13)25-9-7-24(8-10-25)12-26-17(27)14-3-1-2-4-15(14)18(26)28/h5-6,11,14-15H,1-4,7-10,12H2/p+2/t14-,15+. The molecule has 1 aliphatic carbocycles. The Labute approximate surface area is 161 Å². The Morgan fingerprint density at radius 3 is 2.14 bits per heavy atom. The molecule has 0 spiro atoms. The largest absolute Gasteiger partial charge is 0.419 e. The van der Waals surface area contributed by atoms with Crippen LogP contribution in [0.2, 0.25) is 0 Å². The van der Waals surface area contributed by atoms with Crippen LogP contribution in [0.3, 0.4) is 0 Å². The van der Waals surface area contributed by atoms with Crippen LogP contribution in [0, 0.1) is 11.8 Å². The number of piperazine rings is 1. The molecular weight excluding hydrogens is 373 g/mol. The first-order valence-corrected chi connectivity index (χ1v) is 9.87. The zero-order valence-corrected chi connectivity index (χ0v) is 15.6. The minimum absolute atomic E-state index is 0.0132. The van der Waals surface area contributed by atoms with Crippen molar-refractivity contribution < 1.29 is 32.6 Å². The van der Waals surface area contributed by atoms with Gasteiger partial charge in [0.2, 0.25) is 11.8 Å². The third-order valence-electron chi connectivity index (χ3n) is 6.25. The predicted octanol–water partition coefficient (Wildman–Crippen LogP) is 0.357. The molecule has 1 aromatic rings. The number of hydrogen-bond donors (Lipinski definition) is 1. The van der Waals surface area contributed by atoms with Crippen LogP contribution in [0.4, 0.5) is 19.0 Å². The zero-order chi connectivity index (χ0) is 19.9. The highest BCUT2D eigenvalue weighted by molar-refractivity contribution is 6.05. The van der Waals surface area contributed by atoms with E-state index in [-0.39, 0.29) is 23.7 Å². The predicted molar refractivity (Wildman–Crippen MR) is 93.1 cm³/mol. The van der Waals surface area contributed by atoms with E-state index in [4.69, 9.17) is 0 Å². The fraction of sp³-hybridized carbons (Fsp3) is 0.632. The normalized spacial score (nSPS) is 26.7. The molecular formula is C19H25F3N4O2+2.